The molecular weight excluding hydrogens is 452 g/mol. The van der Waals surface area contributed by atoms with E-state index in [9.17, 15) is 22.4 Å². The maximum atomic E-state index is 14.0. The highest BCUT2D eigenvalue weighted by atomic mass is 19.4. The van der Waals surface area contributed by atoms with Crippen molar-refractivity contribution in [2.24, 2.45) is 5.92 Å². The summed E-state index contributed by atoms with van der Waals surface area (Å²) >= 11 is 0. The molecule has 1 saturated heterocycles. The first kappa shape index (κ1) is 26.1. The largest absolute Gasteiger partial charge is 0.416 e. The van der Waals surface area contributed by atoms with Crippen LogP contribution >= 0.6 is 0 Å². The lowest BCUT2D eigenvalue weighted by molar-refractivity contribution is -0.138. The lowest BCUT2D eigenvalue weighted by Gasteiger charge is -2.28. The summed E-state index contributed by atoms with van der Waals surface area (Å²) in [7, 11) is 3.01. The van der Waals surface area contributed by atoms with Crippen LogP contribution in [0.1, 0.15) is 22.6 Å². The third kappa shape index (κ3) is 7.01. The molecule has 1 heterocycles. The molecule has 2 atom stereocenters. The van der Waals surface area contributed by atoms with E-state index in [0.29, 0.717) is 44.9 Å². The van der Waals surface area contributed by atoms with Gasteiger partial charge in [0, 0.05) is 52.9 Å². The highest BCUT2D eigenvalue weighted by Gasteiger charge is 2.36. The molecule has 9 heteroatoms. The van der Waals surface area contributed by atoms with Crippen molar-refractivity contribution >= 4 is 5.91 Å². The summed E-state index contributed by atoms with van der Waals surface area (Å²) in [5.74, 6) is -0.639. The minimum Gasteiger partial charge on any atom is -0.383 e. The van der Waals surface area contributed by atoms with Crippen molar-refractivity contribution in [2.75, 3.05) is 53.6 Å². The molecule has 1 aliphatic heterocycles. The summed E-state index contributed by atoms with van der Waals surface area (Å²) in [6.45, 7) is 2.53. The fourth-order valence-corrected chi connectivity index (χ4v) is 4.51. The number of alkyl halides is 3. The molecule has 2 aromatic rings. The Balaban J connectivity index is 1.82. The average molecular weight is 483 g/mol. The maximum Gasteiger partial charge on any atom is 0.416 e. The molecule has 0 bridgehead atoms. The van der Waals surface area contributed by atoms with Gasteiger partial charge in [0.05, 0.1) is 12.2 Å². The second-order valence-electron chi connectivity index (χ2n) is 8.58. The second kappa shape index (κ2) is 11.8. The van der Waals surface area contributed by atoms with Crippen LogP contribution in [-0.4, -0.2) is 69.3 Å². The van der Waals surface area contributed by atoms with E-state index < -0.39 is 11.7 Å². The number of benzene rings is 2. The number of amides is 1. The van der Waals surface area contributed by atoms with Gasteiger partial charge in [-0.25, -0.2) is 4.39 Å². The molecular formula is C25H30F4N2O3. The van der Waals surface area contributed by atoms with Crippen molar-refractivity contribution in [3.05, 3.63) is 71.0 Å². The molecule has 0 unspecified atom stereocenters. The standard InChI is InChI=1S/C25H30F4N2O3/c1-33-10-9-31(24(32)17-34-2)15-20-14-30(16-23(20)19-6-4-8-22(26)12-19)13-18-5-3-7-21(11-18)25(27,28)29/h3-8,11-12,20,23H,9-10,13-17H2,1-2H3/t20-,23+/m0/s1. The predicted molar refractivity (Wildman–Crippen MR) is 120 cm³/mol. The van der Waals surface area contributed by atoms with Crippen LogP contribution in [0.2, 0.25) is 0 Å². The summed E-state index contributed by atoms with van der Waals surface area (Å²) in [6, 6.07) is 11.7. The van der Waals surface area contributed by atoms with Gasteiger partial charge >= 0.3 is 6.18 Å². The monoisotopic (exact) mass is 482 g/mol. The van der Waals surface area contributed by atoms with Gasteiger partial charge in [-0.3, -0.25) is 9.69 Å². The Morgan fingerprint density at radius 1 is 1.09 bits per heavy atom. The quantitative estimate of drug-likeness (QED) is 0.477. The molecule has 0 N–H and O–H groups in total. The summed E-state index contributed by atoms with van der Waals surface area (Å²) < 4.78 is 63.6. The number of carbonyl (C=O) groups excluding carboxylic acids is 1. The smallest absolute Gasteiger partial charge is 0.383 e. The van der Waals surface area contributed by atoms with Crippen molar-refractivity contribution in [3.8, 4) is 0 Å². The van der Waals surface area contributed by atoms with Gasteiger partial charge in [-0.1, -0.05) is 30.3 Å². The lowest BCUT2D eigenvalue weighted by Crippen LogP contribution is -2.41. The van der Waals surface area contributed by atoms with E-state index in [-0.39, 0.29) is 30.2 Å². The number of ether oxygens (including phenoxy) is 2. The van der Waals surface area contributed by atoms with Gasteiger partial charge in [-0.2, -0.15) is 13.2 Å². The molecule has 5 nitrogen and oxygen atoms in total. The van der Waals surface area contributed by atoms with Crippen LogP contribution in [0.15, 0.2) is 48.5 Å². The Bertz CT molecular complexity index is 954. The fraction of sp³-hybridized carbons (Fsp3) is 0.480. The highest BCUT2D eigenvalue weighted by Crippen LogP contribution is 2.35. The molecule has 0 aliphatic carbocycles. The van der Waals surface area contributed by atoms with E-state index in [2.05, 4.69) is 4.90 Å². The van der Waals surface area contributed by atoms with Gasteiger partial charge in [-0.15, -0.1) is 0 Å². The Hall–Kier alpha value is -2.49. The van der Waals surface area contributed by atoms with Gasteiger partial charge in [0.15, 0.2) is 0 Å². The van der Waals surface area contributed by atoms with E-state index >= 15 is 0 Å². The van der Waals surface area contributed by atoms with Crippen LogP contribution in [0.25, 0.3) is 0 Å². The van der Waals surface area contributed by atoms with E-state index in [1.807, 2.05) is 6.07 Å². The number of methoxy groups -OCH3 is 2. The van der Waals surface area contributed by atoms with E-state index in [0.717, 1.165) is 17.7 Å². The van der Waals surface area contributed by atoms with Crippen molar-refractivity contribution in [3.63, 3.8) is 0 Å². The Morgan fingerprint density at radius 2 is 1.85 bits per heavy atom. The number of carbonyl (C=O) groups is 1. The second-order valence-corrected chi connectivity index (χ2v) is 8.58. The Morgan fingerprint density at radius 3 is 2.53 bits per heavy atom. The van der Waals surface area contributed by atoms with E-state index in [1.54, 1.807) is 24.1 Å². The van der Waals surface area contributed by atoms with Crippen molar-refractivity contribution in [2.45, 2.75) is 18.6 Å². The van der Waals surface area contributed by atoms with E-state index in [1.165, 1.54) is 25.3 Å². The topological polar surface area (TPSA) is 42.0 Å². The highest BCUT2D eigenvalue weighted by molar-refractivity contribution is 5.77. The number of nitrogens with zero attached hydrogens (tertiary/aromatic N) is 2. The summed E-state index contributed by atoms with van der Waals surface area (Å²) in [5.41, 5.74) is 0.681. The molecule has 0 radical (unpaired) electrons. The molecule has 1 amide bonds. The minimum absolute atomic E-state index is 0.0368. The van der Waals surface area contributed by atoms with Crippen LogP contribution in [0, 0.1) is 11.7 Å². The zero-order chi connectivity index (χ0) is 24.7. The van der Waals surface area contributed by atoms with Gasteiger partial charge in [0.25, 0.3) is 0 Å². The molecule has 3 rings (SSSR count). The minimum atomic E-state index is -4.41. The predicted octanol–water partition coefficient (Wildman–Crippen LogP) is 4.18. The molecule has 1 fully saturated rings. The SMILES string of the molecule is COCCN(C[C@@H]1CN(Cc2cccc(C(F)(F)F)c2)C[C@@H]1c1cccc(F)c1)C(=O)COC. The number of hydrogen-bond acceptors (Lipinski definition) is 4. The first-order valence-corrected chi connectivity index (χ1v) is 11.1. The third-order valence-corrected chi connectivity index (χ3v) is 6.09. The van der Waals surface area contributed by atoms with Crippen molar-refractivity contribution < 1.29 is 31.8 Å². The van der Waals surface area contributed by atoms with Crippen molar-refractivity contribution in [1.82, 2.24) is 9.80 Å². The normalized spacial score (nSPS) is 18.9. The van der Waals surface area contributed by atoms with Gasteiger partial charge in [0.2, 0.25) is 5.91 Å². The number of halogens is 4. The first-order chi connectivity index (χ1) is 16.2. The first-order valence-electron chi connectivity index (χ1n) is 11.1. The van der Waals surface area contributed by atoms with E-state index in [4.69, 9.17) is 9.47 Å². The van der Waals surface area contributed by atoms with Crippen LogP contribution in [0.5, 0.6) is 0 Å². The molecule has 186 valence electrons. The van der Waals surface area contributed by atoms with Crippen molar-refractivity contribution in [1.29, 1.82) is 0 Å². The Labute approximate surface area is 197 Å². The van der Waals surface area contributed by atoms with Crippen LogP contribution < -0.4 is 0 Å². The number of rotatable bonds is 10. The summed E-state index contributed by atoms with van der Waals surface area (Å²) in [6.07, 6.45) is -4.41. The zero-order valence-electron chi connectivity index (χ0n) is 19.4. The number of hydrogen-bond donors (Lipinski definition) is 0. The Kier molecular flexibility index (Phi) is 9.04. The average Bonchev–Trinajstić information content (AvgIpc) is 3.18. The molecule has 0 aromatic heterocycles. The summed E-state index contributed by atoms with van der Waals surface area (Å²) in [5, 5.41) is 0. The molecule has 0 saturated carbocycles. The van der Waals surface area contributed by atoms with Crippen LogP contribution in [0.3, 0.4) is 0 Å². The molecule has 0 spiro atoms. The van der Waals surface area contributed by atoms with Gasteiger partial charge in [0.1, 0.15) is 12.4 Å². The van der Waals surface area contributed by atoms with Gasteiger partial charge in [-0.05, 0) is 35.2 Å². The zero-order valence-corrected chi connectivity index (χ0v) is 19.4. The molecule has 2 aromatic carbocycles. The van der Waals surface area contributed by atoms with Crippen LogP contribution in [0.4, 0.5) is 17.6 Å². The summed E-state index contributed by atoms with van der Waals surface area (Å²) in [4.78, 5) is 16.3. The molecule has 1 aliphatic rings. The fourth-order valence-electron chi connectivity index (χ4n) is 4.51. The van der Waals surface area contributed by atoms with Gasteiger partial charge < -0.3 is 14.4 Å². The van der Waals surface area contributed by atoms with Crippen LogP contribution in [-0.2, 0) is 27.0 Å². The lowest BCUT2D eigenvalue weighted by atomic mass is 9.88. The maximum absolute atomic E-state index is 14.0. The third-order valence-electron chi connectivity index (χ3n) is 6.09. The molecule has 34 heavy (non-hydrogen) atoms. The number of likely N-dealkylation sites (tertiary alicyclic amines) is 1.